The largest absolute Gasteiger partial charge is 0.375 e. The number of aromatic amines is 2. The van der Waals surface area contributed by atoms with Gasteiger partial charge in [-0.2, -0.15) is 0 Å². The van der Waals surface area contributed by atoms with Crippen LogP contribution in [0.5, 0.6) is 0 Å². The van der Waals surface area contributed by atoms with Gasteiger partial charge in [-0.15, -0.1) is 5.10 Å². The zero-order chi connectivity index (χ0) is 86.0. The van der Waals surface area contributed by atoms with Crippen LogP contribution in [0.25, 0.3) is 0 Å². The van der Waals surface area contributed by atoms with Gasteiger partial charge in [0.15, 0.2) is 11.6 Å². The molecule has 0 radical (unpaired) electrons. The quantitative estimate of drug-likeness (QED) is 0.0602. The molecule has 0 saturated heterocycles. The number of H-pyrrole nitrogens is 2. The molecule has 3 aromatic heterocycles. The van der Waals surface area contributed by atoms with Gasteiger partial charge in [-0.05, 0) is 185 Å². The summed E-state index contributed by atoms with van der Waals surface area (Å²) in [7, 11) is 0. The number of aromatic nitrogens is 6. The van der Waals surface area contributed by atoms with Crippen LogP contribution in [0.15, 0.2) is 62.4 Å². The molecular formula is C86H150Ar2N12O10. The Morgan fingerprint density at radius 3 is 0.936 bits per heavy atom. The fourth-order valence-corrected chi connectivity index (χ4v) is 11.1. The molecule has 22 nitrogen and oxygen atoms in total. The van der Waals surface area contributed by atoms with Crippen LogP contribution in [-0.4, -0.2) is 110 Å². The van der Waals surface area contributed by atoms with Crippen LogP contribution < -0.4 is 53.6 Å². The third-order valence-electron chi connectivity index (χ3n) is 15.7. The van der Waals surface area contributed by atoms with E-state index in [4.69, 9.17) is 0 Å². The Balaban J connectivity index is -0.00000120. The third kappa shape index (κ3) is 38.5. The molecule has 5 aromatic rings. The van der Waals surface area contributed by atoms with E-state index in [1.165, 1.54) is 0 Å². The summed E-state index contributed by atoms with van der Waals surface area (Å²) in [6.07, 6.45) is 8.70. The van der Waals surface area contributed by atoms with Crippen LogP contribution in [0.4, 0.5) is 11.4 Å². The van der Waals surface area contributed by atoms with Crippen molar-refractivity contribution in [2.75, 3.05) is 10.6 Å². The summed E-state index contributed by atoms with van der Waals surface area (Å²) in [5.74, 6) is -0.764. The molecule has 3 heterocycles. The van der Waals surface area contributed by atoms with Crippen LogP contribution in [0, 0.1) is 114 Å². The molecule has 2 aliphatic rings. The molecule has 2 aliphatic carbocycles. The van der Waals surface area contributed by atoms with Gasteiger partial charge in [0.2, 0.25) is 34.0 Å². The minimum atomic E-state index is -0.429. The van der Waals surface area contributed by atoms with Gasteiger partial charge in [-0.3, -0.25) is 58.6 Å². The minimum Gasteiger partial charge on any atom is -0.375 e. The average molecular weight is 1590 g/mol. The molecule has 630 valence electrons. The Hall–Kier alpha value is -4.23. The number of rotatable bonds is 10. The molecule has 2 aromatic carbocycles. The molecule has 2 fully saturated rings. The first-order valence-electron chi connectivity index (χ1n) is 38.1. The van der Waals surface area contributed by atoms with Crippen LogP contribution >= 0.6 is 0 Å². The molecule has 2 saturated carbocycles. The van der Waals surface area contributed by atoms with Gasteiger partial charge in [0.05, 0.1) is 35.8 Å². The van der Waals surface area contributed by atoms with Crippen molar-refractivity contribution in [3.05, 3.63) is 107 Å². The summed E-state index contributed by atoms with van der Waals surface area (Å²) >= 11 is 0. The Bertz CT molecular complexity index is 3640. The number of anilines is 2. The Morgan fingerprint density at radius 1 is 0.418 bits per heavy atom. The van der Waals surface area contributed by atoms with E-state index in [1.807, 2.05) is 258 Å². The van der Waals surface area contributed by atoms with Crippen molar-refractivity contribution in [2.24, 2.45) is 38.9 Å². The first kappa shape index (κ1) is 110. The Kier molecular flexibility index (Phi) is 40.5. The van der Waals surface area contributed by atoms with Crippen molar-refractivity contribution in [1.29, 1.82) is 0 Å². The zero-order valence-electron chi connectivity index (χ0n) is 76.1. The van der Waals surface area contributed by atoms with E-state index in [0.29, 0.717) is 16.8 Å². The van der Waals surface area contributed by atoms with Crippen LogP contribution in [0.2, 0.25) is 0 Å². The molecule has 0 amide bonds. The van der Waals surface area contributed by atoms with E-state index in [9.17, 15) is 47.9 Å². The number of hydrogen-bond donors (Lipinski definition) is 8. The number of carbonyl (C=O) groups excluding carboxylic acids is 6. The minimum absolute atomic E-state index is 0. The number of carbonyl (C=O) groups is 6. The molecule has 0 bridgehead atoms. The maximum Gasteiger partial charge on any atom is 0.253 e. The molecule has 7 rings (SSSR count). The van der Waals surface area contributed by atoms with E-state index >= 15 is 0 Å². The van der Waals surface area contributed by atoms with E-state index in [0.717, 1.165) is 22.5 Å². The van der Waals surface area contributed by atoms with E-state index in [-0.39, 0.29) is 228 Å². The number of hydrogen-bond acceptors (Lipinski definition) is 19. The maximum atomic E-state index is 12.5. The second-order valence-electron chi connectivity index (χ2n) is 44.0. The average Bonchev–Trinajstić information content (AvgIpc) is 1.41. The molecule has 24 heteroatoms. The Morgan fingerprint density at radius 2 is 0.736 bits per heavy atom. The van der Waals surface area contributed by atoms with E-state index in [1.54, 1.807) is 18.7 Å². The van der Waals surface area contributed by atoms with E-state index in [2.05, 4.69) is 126 Å². The summed E-state index contributed by atoms with van der Waals surface area (Å²) in [5.41, 5.74) is 0.765. The number of ketones is 6. The number of Topliss-reactive ketones (excluding diaryl/α,β-unsaturated/α-hetero) is 6. The van der Waals surface area contributed by atoms with Crippen molar-refractivity contribution in [3.63, 3.8) is 0 Å². The van der Waals surface area contributed by atoms with Gasteiger partial charge in [0.25, 0.3) is 10.9 Å². The van der Waals surface area contributed by atoms with Gasteiger partial charge in [0.1, 0.15) is 23.5 Å². The smallest absolute Gasteiger partial charge is 0.253 e. The van der Waals surface area contributed by atoms with Gasteiger partial charge in [-0.1, -0.05) is 158 Å². The molecular weight excluding hydrogens is 1440 g/mol. The summed E-state index contributed by atoms with van der Waals surface area (Å²) in [6.45, 7) is 86.6. The number of imidazole rings is 1. The fraction of sp³-hybridized carbons (Fsp3) is 0.733. The molecule has 6 unspecified atom stereocenters. The van der Waals surface area contributed by atoms with Gasteiger partial charge >= 0.3 is 0 Å². The second kappa shape index (κ2) is 40.6. The van der Waals surface area contributed by atoms with E-state index < -0.39 is 10.9 Å². The van der Waals surface area contributed by atoms with Gasteiger partial charge in [0, 0.05) is 167 Å². The molecule has 0 spiro atoms. The predicted molar refractivity (Wildman–Crippen MR) is 446 cm³/mol. The van der Waals surface area contributed by atoms with Crippen molar-refractivity contribution in [1.82, 2.24) is 51.2 Å². The topological polar surface area (TPSA) is 318 Å². The van der Waals surface area contributed by atoms with Crippen LogP contribution in [0.1, 0.15) is 332 Å². The van der Waals surface area contributed by atoms with Crippen molar-refractivity contribution >= 4 is 46.1 Å². The molecule has 0 aliphatic heterocycles. The zero-order valence-corrected chi connectivity index (χ0v) is 77.5. The van der Waals surface area contributed by atoms with Crippen LogP contribution in [-0.2, 0) is 45.1 Å². The summed E-state index contributed by atoms with van der Waals surface area (Å²) < 4.78 is 1.83. The van der Waals surface area contributed by atoms with Gasteiger partial charge in [-0.25, -0.2) is 9.67 Å². The van der Waals surface area contributed by atoms with Crippen molar-refractivity contribution < 1.29 is 104 Å². The molecule has 6 atom stereocenters. The number of nitrogens with zero attached hydrogens (tertiary/aromatic N) is 4. The predicted octanol–water partition coefficient (Wildman–Crippen LogP) is 15.3. The monoisotopic (exact) mass is 1590 g/mol. The standard InChI is InChI=1S/C14H24N2O.C13H23N3O.C12H22N2O2.C12H20N2O2.C12H20O2.C12H18O2.C6H11N3.C5H12.2Ar/c1-13(2,3)12(17)11(16-14(4,5)6)10-8-7-9-15-10;1-12(2,3)11(17)10(16-13(4,5)6)9-7-14-8-15-9;2*1-11(2,3)13-7-8(10(16)9(7)15)14-12(4,5)6;2*1-11(2,3)7-8(12(4,5)6)10(14)9(7)13;1-6(2,3)9-5-4-7-8-9;1-5(2,3)4;;/h7-9,11,15-16H,1-6H3;7-8,10,16H,1-6H3,(H,14,15);7-8,13-14H,1-6H3;13-14H,1-6H3;7-8H,1-6H3;1-6H3;4-5H,1-3H3;1-4H3;;. The normalized spacial score (nSPS) is 17.3. The van der Waals surface area contributed by atoms with Crippen molar-refractivity contribution in [3.8, 4) is 0 Å². The van der Waals surface area contributed by atoms with Crippen molar-refractivity contribution in [2.45, 2.75) is 371 Å². The fourth-order valence-electron chi connectivity index (χ4n) is 11.1. The summed E-state index contributed by atoms with van der Waals surface area (Å²) in [4.78, 5) is 127. The summed E-state index contributed by atoms with van der Waals surface area (Å²) in [5, 5.41) is 26.7. The first-order valence-corrected chi connectivity index (χ1v) is 38.1. The second-order valence-corrected chi connectivity index (χ2v) is 44.0. The Labute approximate surface area is 722 Å². The summed E-state index contributed by atoms with van der Waals surface area (Å²) in [6, 6.07) is 2.50. The first-order chi connectivity index (χ1) is 47.5. The number of nitrogens with one attached hydrogen (secondary N) is 8. The molecule has 110 heavy (non-hydrogen) atoms. The van der Waals surface area contributed by atoms with Crippen LogP contribution in [0.3, 0.4) is 0 Å². The maximum absolute atomic E-state index is 12.5. The molecule has 8 N–H and O–H groups in total. The third-order valence-corrected chi connectivity index (χ3v) is 15.7. The van der Waals surface area contributed by atoms with Gasteiger partial charge < -0.3 is 31.2 Å². The SMILES string of the molecule is CC(C)(C)C.CC(C)(C)C1C(=O)C(=O)C1C(C)(C)C.CC(C)(C)NC(C(=O)C(C)(C)C)c1ccc[nH]1.CC(C)(C)NC(C(=O)C(C)(C)C)c1cnc[nH]1.CC(C)(C)NC1C(=O)C(=O)C1NC(C)(C)C.CC(C)(C)Nc1c(NC(C)(C)C)c(=O)c1=O.CC(C)(C)c1c(C(C)(C)C)c(=O)c1=O.CC(C)(C)n1ccnn1.[Ar].[Ar].